The number of amides is 2. The number of aromatic amines is 1. The molecule has 0 saturated carbocycles. The van der Waals surface area contributed by atoms with Crippen LogP contribution in [-0.4, -0.2) is 44.9 Å². The van der Waals surface area contributed by atoms with Crippen LogP contribution in [0.15, 0.2) is 53.3 Å². The Kier molecular flexibility index (Phi) is 4.79. The number of carbonyl (C=O) groups excluding carboxylic acids is 1. The molecule has 2 amide bonds. The Morgan fingerprint density at radius 2 is 2.03 bits per heavy atom. The Hall–Kier alpha value is -4.54. The molecule has 0 saturated heterocycles. The lowest BCUT2D eigenvalue weighted by Crippen LogP contribution is -2.41. The first kappa shape index (κ1) is 20.1. The molecule has 4 heterocycles. The van der Waals surface area contributed by atoms with Crippen molar-refractivity contribution < 1.29 is 23.5 Å². The molecule has 2 aromatic carbocycles. The third-order valence-corrected chi connectivity index (χ3v) is 5.86. The highest BCUT2D eigenvalue weighted by Crippen LogP contribution is 2.36. The second-order valence-corrected chi connectivity index (χ2v) is 7.86. The number of urea groups is 1. The summed E-state index contributed by atoms with van der Waals surface area (Å²) < 4.78 is 21.6. The van der Waals surface area contributed by atoms with Gasteiger partial charge in [-0.3, -0.25) is 0 Å². The SMILES string of the molecule is COc1ccc(NC(=O)N2Cc3[nH]cnc3C[C@H]2c2nc(-c3ccc4c(c3)OCO4)no2)cc1. The van der Waals surface area contributed by atoms with Gasteiger partial charge in [-0.15, -0.1) is 0 Å². The van der Waals surface area contributed by atoms with Gasteiger partial charge in [-0.1, -0.05) is 5.16 Å². The zero-order valence-electron chi connectivity index (χ0n) is 18.1. The first-order valence-electron chi connectivity index (χ1n) is 10.6. The second kappa shape index (κ2) is 8.10. The number of nitrogens with zero attached hydrogens (tertiary/aromatic N) is 4. The number of anilines is 1. The Labute approximate surface area is 193 Å². The fourth-order valence-corrected chi connectivity index (χ4v) is 4.06. The van der Waals surface area contributed by atoms with Crippen LogP contribution in [0.2, 0.25) is 0 Å². The van der Waals surface area contributed by atoms with Crippen LogP contribution in [0.1, 0.15) is 23.3 Å². The van der Waals surface area contributed by atoms with Gasteiger partial charge in [0.25, 0.3) is 0 Å². The normalized spacial score (nSPS) is 16.3. The summed E-state index contributed by atoms with van der Waals surface area (Å²) in [5, 5.41) is 7.07. The highest BCUT2D eigenvalue weighted by molar-refractivity contribution is 5.89. The third-order valence-electron chi connectivity index (χ3n) is 5.86. The molecule has 0 aliphatic carbocycles. The molecule has 34 heavy (non-hydrogen) atoms. The van der Waals surface area contributed by atoms with E-state index in [0.29, 0.717) is 47.6 Å². The average Bonchev–Trinajstić information content (AvgIpc) is 3.63. The van der Waals surface area contributed by atoms with Crippen molar-refractivity contribution >= 4 is 11.7 Å². The predicted molar refractivity (Wildman–Crippen MR) is 118 cm³/mol. The van der Waals surface area contributed by atoms with Gasteiger partial charge in [-0.05, 0) is 42.5 Å². The molecule has 2 aromatic heterocycles. The molecule has 1 atom stereocenters. The maximum Gasteiger partial charge on any atom is 0.322 e. The smallest absolute Gasteiger partial charge is 0.322 e. The minimum Gasteiger partial charge on any atom is -0.497 e. The lowest BCUT2D eigenvalue weighted by atomic mass is 10.0. The van der Waals surface area contributed by atoms with Crippen molar-refractivity contribution in [1.82, 2.24) is 25.0 Å². The minimum absolute atomic E-state index is 0.183. The number of rotatable bonds is 4. The minimum atomic E-state index is -0.482. The van der Waals surface area contributed by atoms with Gasteiger partial charge >= 0.3 is 6.03 Å². The van der Waals surface area contributed by atoms with E-state index in [4.69, 9.17) is 18.7 Å². The zero-order valence-corrected chi connectivity index (χ0v) is 18.1. The summed E-state index contributed by atoms with van der Waals surface area (Å²) in [6.45, 7) is 0.506. The number of benzene rings is 2. The molecule has 0 radical (unpaired) electrons. The molecule has 0 fully saturated rings. The van der Waals surface area contributed by atoms with Crippen LogP contribution in [0, 0.1) is 0 Å². The van der Waals surface area contributed by atoms with E-state index < -0.39 is 6.04 Å². The maximum atomic E-state index is 13.3. The average molecular weight is 460 g/mol. The van der Waals surface area contributed by atoms with Gasteiger partial charge in [-0.25, -0.2) is 9.78 Å². The number of nitrogens with one attached hydrogen (secondary N) is 2. The third kappa shape index (κ3) is 3.56. The standard InChI is InChI=1S/C23H20N6O5/c1-31-15-5-3-14(4-6-15)26-23(30)29-10-17-16(24-11-25-17)9-18(29)22-27-21(28-34-22)13-2-7-19-20(8-13)33-12-32-19/h2-8,11,18H,9-10,12H2,1H3,(H,24,25)(H,26,30)/t18-/m0/s1. The molecule has 172 valence electrons. The molecule has 2 aliphatic heterocycles. The first-order valence-corrected chi connectivity index (χ1v) is 10.6. The van der Waals surface area contributed by atoms with E-state index in [0.717, 1.165) is 17.0 Å². The number of imidazole rings is 1. The fraction of sp³-hybridized carbons (Fsp3) is 0.217. The highest BCUT2D eigenvalue weighted by atomic mass is 16.7. The first-order chi connectivity index (χ1) is 16.7. The topological polar surface area (TPSA) is 128 Å². The van der Waals surface area contributed by atoms with Crippen molar-refractivity contribution in [3.63, 3.8) is 0 Å². The molecule has 11 nitrogen and oxygen atoms in total. The van der Waals surface area contributed by atoms with E-state index in [1.165, 1.54) is 0 Å². The van der Waals surface area contributed by atoms with E-state index in [2.05, 4.69) is 25.4 Å². The number of carbonyl (C=O) groups is 1. The van der Waals surface area contributed by atoms with Gasteiger partial charge < -0.3 is 33.9 Å². The molecular formula is C23H20N6O5. The predicted octanol–water partition coefficient (Wildman–Crippen LogP) is 3.53. The number of fused-ring (bicyclic) bond motifs is 2. The van der Waals surface area contributed by atoms with Gasteiger partial charge in [0, 0.05) is 17.7 Å². The molecule has 4 aromatic rings. The Bertz CT molecular complexity index is 1350. The van der Waals surface area contributed by atoms with Gasteiger partial charge in [0.1, 0.15) is 11.8 Å². The number of H-pyrrole nitrogens is 1. The molecule has 2 aliphatic rings. The summed E-state index contributed by atoms with van der Waals surface area (Å²) in [4.78, 5) is 27.0. The van der Waals surface area contributed by atoms with E-state index in [9.17, 15) is 4.79 Å². The molecular weight excluding hydrogens is 440 g/mol. The Morgan fingerprint density at radius 3 is 2.88 bits per heavy atom. The van der Waals surface area contributed by atoms with Gasteiger partial charge in [0.15, 0.2) is 11.5 Å². The van der Waals surface area contributed by atoms with Crippen molar-refractivity contribution in [2.45, 2.75) is 19.0 Å². The summed E-state index contributed by atoms with van der Waals surface area (Å²) in [7, 11) is 1.59. The molecule has 6 rings (SSSR count). The lowest BCUT2D eigenvalue weighted by molar-refractivity contribution is 0.155. The highest BCUT2D eigenvalue weighted by Gasteiger charge is 2.36. The van der Waals surface area contributed by atoms with Crippen LogP contribution in [0.3, 0.4) is 0 Å². The Balaban J connectivity index is 1.28. The second-order valence-electron chi connectivity index (χ2n) is 7.86. The van der Waals surface area contributed by atoms with Gasteiger partial charge in [0.05, 0.1) is 31.4 Å². The lowest BCUT2D eigenvalue weighted by Gasteiger charge is -2.32. The number of methoxy groups -OCH3 is 1. The van der Waals surface area contributed by atoms with Crippen molar-refractivity contribution in [2.75, 3.05) is 19.2 Å². The quantitative estimate of drug-likeness (QED) is 0.473. The molecule has 0 unspecified atom stereocenters. The van der Waals surface area contributed by atoms with Gasteiger partial charge in [-0.2, -0.15) is 4.98 Å². The summed E-state index contributed by atoms with van der Waals surface area (Å²) in [5.41, 5.74) is 3.11. The largest absolute Gasteiger partial charge is 0.497 e. The number of ether oxygens (including phenoxy) is 3. The molecule has 2 N–H and O–H groups in total. The summed E-state index contributed by atoms with van der Waals surface area (Å²) in [6.07, 6.45) is 2.07. The van der Waals surface area contributed by atoms with Crippen LogP contribution >= 0.6 is 0 Å². The van der Waals surface area contributed by atoms with Crippen LogP contribution < -0.4 is 19.5 Å². The van der Waals surface area contributed by atoms with Crippen molar-refractivity contribution in [3.8, 4) is 28.6 Å². The van der Waals surface area contributed by atoms with Crippen molar-refractivity contribution in [2.24, 2.45) is 0 Å². The van der Waals surface area contributed by atoms with Gasteiger partial charge in [0.2, 0.25) is 18.5 Å². The summed E-state index contributed by atoms with van der Waals surface area (Å²) in [6, 6.07) is 11.8. The van der Waals surface area contributed by atoms with E-state index in [-0.39, 0.29) is 12.8 Å². The molecule has 11 heteroatoms. The van der Waals surface area contributed by atoms with E-state index in [1.807, 2.05) is 6.07 Å². The number of hydrogen-bond donors (Lipinski definition) is 2. The zero-order chi connectivity index (χ0) is 23.1. The van der Waals surface area contributed by atoms with E-state index in [1.54, 1.807) is 54.7 Å². The van der Waals surface area contributed by atoms with Crippen molar-refractivity contribution in [1.29, 1.82) is 0 Å². The van der Waals surface area contributed by atoms with Crippen LogP contribution in [0.5, 0.6) is 17.2 Å². The summed E-state index contributed by atoms with van der Waals surface area (Å²) in [5.74, 6) is 2.73. The fourth-order valence-electron chi connectivity index (χ4n) is 4.06. The van der Waals surface area contributed by atoms with E-state index >= 15 is 0 Å². The molecule has 0 bridgehead atoms. The Morgan fingerprint density at radius 1 is 1.18 bits per heavy atom. The summed E-state index contributed by atoms with van der Waals surface area (Å²) >= 11 is 0. The maximum absolute atomic E-state index is 13.3. The van der Waals surface area contributed by atoms with Crippen LogP contribution in [0.4, 0.5) is 10.5 Å². The number of hydrogen-bond acceptors (Lipinski definition) is 8. The molecule has 0 spiro atoms. The van der Waals surface area contributed by atoms with Crippen molar-refractivity contribution in [3.05, 3.63) is 66.1 Å². The number of aromatic nitrogens is 4. The monoisotopic (exact) mass is 460 g/mol. The van der Waals surface area contributed by atoms with Crippen LogP contribution in [-0.2, 0) is 13.0 Å². The van der Waals surface area contributed by atoms with Crippen LogP contribution in [0.25, 0.3) is 11.4 Å².